The quantitative estimate of drug-likeness (QED) is 0.150. The number of oxime groups is 2. The van der Waals surface area contributed by atoms with Crippen molar-refractivity contribution < 1.29 is 20.0 Å². The SMILES string of the molecule is C/C(=N\O)C(C)(C)NCC(CNC(C)(C)/C(C)=N/O)NC(=O)CCCC(N)=O. The summed E-state index contributed by atoms with van der Waals surface area (Å²) in [4.78, 5) is 23.0. The highest BCUT2D eigenvalue weighted by molar-refractivity contribution is 5.90. The molecule has 0 aromatic heterocycles. The molecule has 2 amide bonds. The second-order valence-corrected chi connectivity index (χ2v) is 7.97. The zero-order chi connectivity index (χ0) is 22.0. The predicted molar refractivity (Wildman–Crippen MR) is 109 cm³/mol. The summed E-state index contributed by atoms with van der Waals surface area (Å²) >= 11 is 0. The van der Waals surface area contributed by atoms with Crippen LogP contribution >= 0.6 is 0 Å². The number of hydrogen-bond acceptors (Lipinski definition) is 8. The van der Waals surface area contributed by atoms with E-state index in [9.17, 15) is 9.59 Å². The Morgan fingerprint density at radius 1 is 0.929 bits per heavy atom. The molecule has 0 heterocycles. The molecule has 0 radical (unpaired) electrons. The van der Waals surface area contributed by atoms with E-state index in [-0.39, 0.29) is 24.8 Å². The van der Waals surface area contributed by atoms with Gasteiger partial charge < -0.3 is 32.1 Å². The van der Waals surface area contributed by atoms with E-state index < -0.39 is 17.0 Å². The van der Waals surface area contributed by atoms with E-state index in [1.54, 1.807) is 13.8 Å². The molecule has 0 bridgehead atoms. The van der Waals surface area contributed by atoms with E-state index in [0.717, 1.165) is 0 Å². The van der Waals surface area contributed by atoms with Crippen molar-refractivity contribution >= 4 is 23.2 Å². The van der Waals surface area contributed by atoms with Gasteiger partial charge in [0.15, 0.2) is 0 Å². The molecule has 0 atom stereocenters. The number of hydrogen-bond donors (Lipinski definition) is 6. The van der Waals surface area contributed by atoms with Gasteiger partial charge in [0, 0.05) is 25.9 Å². The Bertz CT molecular complexity index is 553. The Morgan fingerprint density at radius 2 is 1.36 bits per heavy atom. The van der Waals surface area contributed by atoms with E-state index in [2.05, 4.69) is 26.3 Å². The number of carbonyl (C=O) groups excluding carboxylic acids is 2. The number of amides is 2. The Labute approximate surface area is 167 Å². The number of nitrogens with one attached hydrogen (secondary N) is 3. The average Bonchev–Trinajstić information content (AvgIpc) is 2.61. The highest BCUT2D eigenvalue weighted by Crippen LogP contribution is 2.07. The Balaban J connectivity index is 5.00. The van der Waals surface area contributed by atoms with Crippen molar-refractivity contribution in [2.75, 3.05) is 13.1 Å². The Hall–Kier alpha value is -2.20. The van der Waals surface area contributed by atoms with Crippen LogP contribution in [0.3, 0.4) is 0 Å². The fourth-order valence-corrected chi connectivity index (χ4v) is 2.16. The van der Waals surface area contributed by atoms with Crippen molar-refractivity contribution in [2.45, 2.75) is 77.9 Å². The van der Waals surface area contributed by atoms with Crippen LogP contribution < -0.4 is 21.7 Å². The van der Waals surface area contributed by atoms with Crippen LogP contribution in [0.1, 0.15) is 60.8 Å². The number of primary amides is 1. The molecule has 0 rings (SSSR count). The summed E-state index contributed by atoms with van der Waals surface area (Å²) in [6, 6.07) is -0.294. The highest BCUT2D eigenvalue weighted by Gasteiger charge is 2.26. The zero-order valence-electron chi connectivity index (χ0n) is 17.8. The third-order valence-electron chi connectivity index (χ3n) is 4.88. The molecule has 0 unspecified atom stereocenters. The van der Waals surface area contributed by atoms with E-state index in [0.29, 0.717) is 30.9 Å². The summed E-state index contributed by atoms with van der Waals surface area (Å²) < 4.78 is 0. The zero-order valence-corrected chi connectivity index (χ0v) is 17.8. The molecular weight excluding hydrogens is 364 g/mol. The summed E-state index contributed by atoms with van der Waals surface area (Å²) in [7, 11) is 0. The first-order valence-electron chi connectivity index (χ1n) is 9.31. The van der Waals surface area contributed by atoms with Crippen molar-refractivity contribution in [3.8, 4) is 0 Å². The summed E-state index contributed by atoms with van der Waals surface area (Å²) in [6.45, 7) is 11.7. The van der Waals surface area contributed by atoms with Crippen LogP contribution in [0.25, 0.3) is 0 Å². The number of nitrogens with zero attached hydrogens (tertiary/aromatic N) is 2. The molecule has 0 fully saturated rings. The minimum absolute atomic E-state index is 0.160. The average molecular weight is 401 g/mol. The predicted octanol–water partition coefficient (Wildman–Crippen LogP) is 0.563. The molecule has 162 valence electrons. The van der Waals surface area contributed by atoms with Crippen LogP contribution in [0, 0.1) is 0 Å². The molecule has 0 aliphatic rings. The summed E-state index contributed by atoms with van der Waals surface area (Å²) in [5.41, 5.74) is 4.98. The van der Waals surface area contributed by atoms with Gasteiger partial charge in [-0.05, 0) is 48.0 Å². The first-order chi connectivity index (χ1) is 12.9. The molecule has 7 N–H and O–H groups in total. The van der Waals surface area contributed by atoms with E-state index in [1.165, 1.54) is 0 Å². The van der Waals surface area contributed by atoms with Crippen molar-refractivity contribution in [1.29, 1.82) is 0 Å². The molecule has 28 heavy (non-hydrogen) atoms. The largest absolute Gasteiger partial charge is 0.411 e. The topological polar surface area (TPSA) is 161 Å². The van der Waals surface area contributed by atoms with Gasteiger partial charge in [-0.3, -0.25) is 9.59 Å². The first-order valence-corrected chi connectivity index (χ1v) is 9.31. The summed E-state index contributed by atoms with van der Waals surface area (Å²) in [5.74, 6) is -0.626. The maximum absolute atomic E-state index is 12.2. The summed E-state index contributed by atoms with van der Waals surface area (Å²) in [6.07, 6.45) is 0.742. The van der Waals surface area contributed by atoms with Crippen molar-refractivity contribution in [3.63, 3.8) is 0 Å². The third-order valence-corrected chi connectivity index (χ3v) is 4.88. The maximum Gasteiger partial charge on any atom is 0.220 e. The lowest BCUT2D eigenvalue weighted by molar-refractivity contribution is -0.122. The minimum atomic E-state index is -0.568. The molecular formula is C18H36N6O4. The monoisotopic (exact) mass is 400 g/mol. The molecule has 0 saturated heterocycles. The lowest BCUT2D eigenvalue weighted by Gasteiger charge is -2.32. The van der Waals surface area contributed by atoms with E-state index >= 15 is 0 Å². The molecule has 0 spiro atoms. The van der Waals surface area contributed by atoms with Gasteiger partial charge in [-0.15, -0.1) is 0 Å². The van der Waals surface area contributed by atoms with Gasteiger partial charge in [0.1, 0.15) is 0 Å². The second kappa shape index (κ2) is 11.6. The van der Waals surface area contributed by atoms with Crippen molar-refractivity contribution in [1.82, 2.24) is 16.0 Å². The van der Waals surface area contributed by atoms with E-state index in [4.69, 9.17) is 16.1 Å². The van der Waals surface area contributed by atoms with Crippen LogP contribution in [-0.4, -0.2) is 63.9 Å². The lowest BCUT2D eigenvalue weighted by atomic mass is 9.98. The minimum Gasteiger partial charge on any atom is -0.411 e. The molecule has 0 aromatic rings. The first kappa shape index (κ1) is 25.8. The van der Waals surface area contributed by atoms with Gasteiger partial charge >= 0.3 is 0 Å². The van der Waals surface area contributed by atoms with Gasteiger partial charge in [0.05, 0.1) is 28.5 Å². The normalized spacial score (nSPS) is 14.6. The van der Waals surface area contributed by atoms with Crippen LogP contribution in [0.15, 0.2) is 10.3 Å². The van der Waals surface area contributed by atoms with Crippen molar-refractivity contribution in [2.24, 2.45) is 16.0 Å². The van der Waals surface area contributed by atoms with E-state index in [1.807, 2.05) is 27.7 Å². The fraction of sp³-hybridized carbons (Fsp3) is 0.778. The third kappa shape index (κ3) is 9.65. The van der Waals surface area contributed by atoms with Crippen molar-refractivity contribution in [3.05, 3.63) is 0 Å². The number of carbonyl (C=O) groups is 2. The van der Waals surface area contributed by atoms with Gasteiger partial charge in [-0.1, -0.05) is 10.3 Å². The van der Waals surface area contributed by atoms with Crippen LogP contribution in [0.4, 0.5) is 0 Å². The smallest absolute Gasteiger partial charge is 0.220 e. The van der Waals surface area contributed by atoms with Crippen LogP contribution in [0.5, 0.6) is 0 Å². The van der Waals surface area contributed by atoms with Crippen LogP contribution in [-0.2, 0) is 9.59 Å². The maximum atomic E-state index is 12.2. The summed E-state index contributed by atoms with van der Waals surface area (Å²) in [5, 5.41) is 34.0. The molecule has 0 aromatic carbocycles. The highest BCUT2D eigenvalue weighted by atomic mass is 16.4. The standard InChI is InChI=1S/C18H36N6O4/c1-12(23-27)17(3,4)20-10-14(11-21-18(5,6)13(2)24-28)22-16(26)9-7-8-15(19)25/h14,20-21,27-28H,7-11H2,1-6H3,(H2,19,25)(H,22,26)/b23-12+,24-13+. The molecule has 0 aliphatic heterocycles. The molecule has 10 heteroatoms. The Morgan fingerprint density at radius 3 is 1.71 bits per heavy atom. The Kier molecular flexibility index (Phi) is 10.7. The van der Waals surface area contributed by atoms with Crippen LogP contribution in [0.2, 0.25) is 0 Å². The van der Waals surface area contributed by atoms with Gasteiger partial charge in [-0.25, -0.2) is 0 Å². The van der Waals surface area contributed by atoms with Gasteiger partial charge in [0.25, 0.3) is 0 Å². The number of rotatable bonds is 13. The molecule has 0 saturated carbocycles. The molecule has 0 aliphatic carbocycles. The molecule has 10 nitrogen and oxygen atoms in total. The van der Waals surface area contributed by atoms with Gasteiger partial charge in [0.2, 0.25) is 11.8 Å². The lowest BCUT2D eigenvalue weighted by Crippen LogP contribution is -2.57. The van der Waals surface area contributed by atoms with Gasteiger partial charge in [-0.2, -0.15) is 0 Å². The fourth-order valence-electron chi connectivity index (χ4n) is 2.16. The second-order valence-electron chi connectivity index (χ2n) is 7.97. The number of nitrogens with two attached hydrogens (primary N) is 1.